The summed E-state index contributed by atoms with van der Waals surface area (Å²) in [6.45, 7) is 4.12. The standard InChI is InChI=1S/C26H25BrN2O6S/c1-5-11-35-23-17(7-6-8-19(23)33-3)22-21(25(32)34-4)14(2)28-26-29(22)24(31)20(36-26)13-15-12-16(27)9-10-18(15)30/h6-10,12-13,22,30H,5,11H2,1-4H3/t22-/m0/s1. The van der Waals surface area contributed by atoms with E-state index in [2.05, 4.69) is 20.9 Å². The lowest BCUT2D eigenvalue weighted by molar-refractivity contribution is -0.136. The Kier molecular flexibility index (Phi) is 7.65. The molecule has 3 aromatic rings. The molecule has 0 aliphatic carbocycles. The molecule has 0 amide bonds. The summed E-state index contributed by atoms with van der Waals surface area (Å²) in [5.74, 6) is 0.377. The smallest absolute Gasteiger partial charge is 0.338 e. The fourth-order valence-electron chi connectivity index (χ4n) is 4.04. The maximum Gasteiger partial charge on any atom is 0.338 e. The quantitative estimate of drug-likeness (QED) is 0.434. The first-order valence-electron chi connectivity index (χ1n) is 11.2. The molecule has 188 valence electrons. The fraction of sp³-hybridized carbons (Fsp3) is 0.269. The Morgan fingerprint density at radius 2 is 2.06 bits per heavy atom. The van der Waals surface area contributed by atoms with E-state index in [1.54, 1.807) is 49.4 Å². The molecular weight excluding hydrogens is 548 g/mol. The van der Waals surface area contributed by atoms with Crippen LogP contribution in [0.4, 0.5) is 0 Å². The van der Waals surface area contributed by atoms with E-state index in [0.29, 0.717) is 44.3 Å². The Morgan fingerprint density at radius 3 is 2.75 bits per heavy atom. The van der Waals surface area contributed by atoms with E-state index in [4.69, 9.17) is 14.2 Å². The van der Waals surface area contributed by atoms with Gasteiger partial charge in [-0.15, -0.1) is 0 Å². The SMILES string of the molecule is CCCOc1c(OC)cccc1[C@H]1C(C(=O)OC)=C(C)N=c2sc(=Cc3cc(Br)ccc3O)c(=O)n21. The molecule has 8 nitrogen and oxygen atoms in total. The first kappa shape index (κ1) is 25.7. The highest BCUT2D eigenvalue weighted by Gasteiger charge is 2.35. The Labute approximate surface area is 219 Å². The molecule has 1 aromatic heterocycles. The van der Waals surface area contributed by atoms with E-state index in [1.165, 1.54) is 30.1 Å². The molecule has 1 aliphatic rings. The van der Waals surface area contributed by atoms with Gasteiger partial charge in [0.1, 0.15) is 11.8 Å². The highest BCUT2D eigenvalue weighted by Crippen LogP contribution is 2.40. The molecule has 0 unspecified atom stereocenters. The second kappa shape index (κ2) is 10.7. The van der Waals surface area contributed by atoms with Gasteiger partial charge in [-0.05, 0) is 43.7 Å². The number of phenolic OH excluding ortho intramolecular Hbond substituents is 1. The lowest BCUT2D eigenvalue weighted by Crippen LogP contribution is -2.40. The third kappa shape index (κ3) is 4.70. The highest BCUT2D eigenvalue weighted by molar-refractivity contribution is 9.10. The third-order valence-electron chi connectivity index (χ3n) is 5.68. The normalized spacial score (nSPS) is 15.4. The first-order chi connectivity index (χ1) is 17.3. The van der Waals surface area contributed by atoms with E-state index in [9.17, 15) is 14.7 Å². The zero-order valence-corrected chi connectivity index (χ0v) is 22.6. The molecule has 0 radical (unpaired) electrons. The Balaban J connectivity index is 2.03. The maximum atomic E-state index is 13.8. The monoisotopic (exact) mass is 572 g/mol. The number of carbonyl (C=O) groups is 1. The van der Waals surface area contributed by atoms with Gasteiger partial charge in [-0.3, -0.25) is 9.36 Å². The minimum atomic E-state index is -0.853. The number of carbonyl (C=O) groups excluding carboxylic acids is 1. The molecule has 10 heteroatoms. The van der Waals surface area contributed by atoms with Crippen LogP contribution in [0.25, 0.3) is 6.08 Å². The summed E-state index contributed by atoms with van der Waals surface area (Å²) in [4.78, 5) is 31.7. The average molecular weight is 573 g/mol. The van der Waals surface area contributed by atoms with Gasteiger partial charge in [-0.2, -0.15) is 0 Å². The second-order valence-corrected chi connectivity index (χ2v) is 9.93. The van der Waals surface area contributed by atoms with Crippen molar-refractivity contribution < 1.29 is 24.1 Å². The van der Waals surface area contributed by atoms with Gasteiger partial charge in [-0.1, -0.05) is 46.3 Å². The molecule has 2 aromatic carbocycles. The molecule has 0 fully saturated rings. The molecule has 36 heavy (non-hydrogen) atoms. The number of benzene rings is 2. The van der Waals surface area contributed by atoms with Crippen LogP contribution in [0.5, 0.6) is 17.2 Å². The molecule has 2 heterocycles. The number of thiazole rings is 1. The lowest BCUT2D eigenvalue weighted by atomic mass is 9.94. The summed E-state index contributed by atoms with van der Waals surface area (Å²) in [5.41, 5.74) is 1.37. The van der Waals surface area contributed by atoms with Crippen LogP contribution >= 0.6 is 27.3 Å². The fourth-order valence-corrected chi connectivity index (χ4v) is 5.45. The summed E-state index contributed by atoms with van der Waals surface area (Å²) in [6.07, 6.45) is 2.37. The number of hydrogen-bond donors (Lipinski definition) is 1. The molecular formula is C26H25BrN2O6S. The van der Waals surface area contributed by atoms with Gasteiger partial charge in [0.2, 0.25) is 0 Å². The van der Waals surface area contributed by atoms with Crippen LogP contribution in [0.15, 0.2) is 61.9 Å². The number of ether oxygens (including phenoxy) is 3. The van der Waals surface area contributed by atoms with Gasteiger partial charge < -0.3 is 19.3 Å². The number of rotatable bonds is 7. The van der Waals surface area contributed by atoms with E-state index in [-0.39, 0.29) is 16.9 Å². The zero-order valence-electron chi connectivity index (χ0n) is 20.2. The van der Waals surface area contributed by atoms with E-state index < -0.39 is 12.0 Å². The van der Waals surface area contributed by atoms with Crippen LogP contribution in [0.3, 0.4) is 0 Å². The maximum absolute atomic E-state index is 13.8. The van der Waals surface area contributed by atoms with Crippen molar-refractivity contribution in [3.05, 3.63) is 83.0 Å². The van der Waals surface area contributed by atoms with E-state index in [1.807, 2.05) is 6.92 Å². The van der Waals surface area contributed by atoms with E-state index in [0.717, 1.165) is 10.9 Å². The molecule has 0 saturated carbocycles. The number of nitrogens with zero attached hydrogens (tertiary/aromatic N) is 2. The van der Waals surface area contributed by atoms with Crippen molar-refractivity contribution in [1.29, 1.82) is 0 Å². The van der Waals surface area contributed by atoms with Crippen LogP contribution in [0.1, 0.15) is 37.4 Å². The predicted molar refractivity (Wildman–Crippen MR) is 140 cm³/mol. The van der Waals surface area contributed by atoms with Crippen LogP contribution in [0, 0.1) is 0 Å². The molecule has 0 bridgehead atoms. The Bertz CT molecular complexity index is 1540. The van der Waals surface area contributed by atoms with Crippen molar-refractivity contribution in [2.75, 3.05) is 20.8 Å². The molecule has 4 rings (SSSR count). The summed E-state index contributed by atoms with van der Waals surface area (Å²) in [5, 5.41) is 10.3. The van der Waals surface area contributed by atoms with Crippen LogP contribution in [-0.2, 0) is 9.53 Å². The third-order valence-corrected chi connectivity index (χ3v) is 7.15. The molecule has 0 spiro atoms. The predicted octanol–water partition coefficient (Wildman–Crippen LogP) is 3.67. The van der Waals surface area contributed by atoms with Crippen molar-refractivity contribution in [3.63, 3.8) is 0 Å². The van der Waals surface area contributed by atoms with Crippen molar-refractivity contribution in [1.82, 2.24) is 4.57 Å². The van der Waals surface area contributed by atoms with Crippen LogP contribution in [0.2, 0.25) is 0 Å². The summed E-state index contributed by atoms with van der Waals surface area (Å²) in [7, 11) is 2.83. The number of allylic oxidation sites excluding steroid dienone is 1. The van der Waals surface area contributed by atoms with Gasteiger partial charge in [0, 0.05) is 15.6 Å². The lowest BCUT2D eigenvalue weighted by Gasteiger charge is -2.26. The second-order valence-electron chi connectivity index (χ2n) is 8.00. The number of methoxy groups -OCH3 is 2. The topological polar surface area (TPSA) is 99.4 Å². The van der Waals surface area contributed by atoms with Crippen molar-refractivity contribution >= 4 is 39.3 Å². The number of para-hydroxylation sites is 1. The minimum Gasteiger partial charge on any atom is -0.507 e. The summed E-state index contributed by atoms with van der Waals surface area (Å²) in [6, 6.07) is 9.47. The van der Waals surface area contributed by atoms with E-state index >= 15 is 0 Å². The summed E-state index contributed by atoms with van der Waals surface area (Å²) >= 11 is 4.57. The number of phenols is 1. The Hall–Kier alpha value is -3.37. The van der Waals surface area contributed by atoms with Crippen molar-refractivity contribution in [3.8, 4) is 17.2 Å². The van der Waals surface area contributed by atoms with Crippen LogP contribution < -0.4 is 24.4 Å². The molecule has 0 saturated heterocycles. The first-order valence-corrected chi connectivity index (χ1v) is 12.8. The van der Waals surface area contributed by atoms with Gasteiger partial charge in [0.05, 0.1) is 36.6 Å². The van der Waals surface area contributed by atoms with Crippen molar-refractivity contribution in [2.45, 2.75) is 26.3 Å². The van der Waals surface area contributed by atoms with Gasteiger partial charge in [0.25, 0.3) is 5.56 Å². The van der Waals surface area contributed by atoms with Gasteiger partial charge in [-0.25, -0.2) is 9.79 Å². The molecule has 1 N–H and O–H groups in total. The van der Waals surface area contributed by atoms with Crippen molar-refractivity contribution in [2.24, 2.45) is 4.99 Å². The Morgan fingerprint density at radius 1 is 1.28 bits per heavy atom. The zero-order chi connectivity index (χ0) is 26.0. The number of hydrogen-bond acceptors (Lipinski definition) is 8. The number of halogens is 1. The highest BCUT2D eigenvalue weighted by atomic mass is 79.9. The van der Waals surface area contributed by atoms with Gasteiger partial charge >= 0.3 is 5.97 Å². The largest absolute Gasteiger partial charge is 0.507 e. The summed E-state index contributed by atoms with van der Waals surface area (Å²) < 4.78 is 19.3. The number of aromatic hydroxyl groups is 1. The van der Waals surface area contributed by atoms with Crippen LogP contribution in [-0.4, -0.2) is 36.5 Å². The minimum absolute atomic E-state index is 0.0371. The molecule has 1 atom stereocenters. The average Bonchev–Trinajstić information content (AvgIpc) is 3.17. The molecule has 1 aliphatic heterocycles. The number of esters is 1. The number of fused-ring (bicyclic) bond motifs is 1. The van der Waals surface area contributed by atoms with Gasteiger partial charge in [0.15, 0.2) is 16.3 Å². The number of aromatic nitrogens is 1.